The van der Waals surface area contributed by atoms with Gasteiger partial charge in [-0.3, -0.25) is 0 Å². The number of rotatable bonds is 7. The van der Waals surface area contributed by atoms with Crippen molar-refractivity contribution in [1.82, 2.24) is 5.32 Å². The first-order valence-corrected chi connectivity index (χ1v) is 6.70. The molecule has 0 atom stereocenters. The Labute approximate surface area is 115 Å². The van der Waals surface area contributed by atoms with E-state index in [9.17, 15) is 0 Å². The van der Waals surface area contributed by atoms with Crippen LogP contribution < -0.4 is 14.8 Å². The quantitative estimate of drug-likeness (QED) is 0.821. The summed E-state index contributed by atoms with van der Waals surface area (Å²) in [6.45, 7) is 1.66. The van der Waals surface area contributed by atoms with Crippen molar-refractivity contribution in [3.63, 3.8) is 0 Å². The van der Waals surface area contributed by atoms with Crippen LogP contribution in [0.25, 0.3) is 0 Å². The second-order valence-corrected chi connectivity index (χ2v) is 5.02. The second-order valence-electron chi connectivity index (χ2n) is 5.02. The van der Waals surface area contributed by atoms with E-state index in [1.807, 2.05) is 18.2 Å². The van der Waals surface area contributed by atoms with Gasteiger partial charge in [-0.25, -0.2) is 0 Å². The first-order valence-electron chi connectivity index (χ1n) is 6.70. The molecule has 0 aliphatic heterocycles. The van der Waals surface area contributed by atoms with Gasteiger partial charge < -0.3 is 19.5 Å². The summed E-state index contributed by atoms with van der Waals surface area (Å²) in [6, 6.07) is 5.90. The molecule has 1 aliphatic carbocycles. The molecule has 2 rings (SSSR count). The Kier molecular flexibility index (Phi) is 4.66. The minimum absolute atomic E-state index is 0.0553. The molecule has 0 saturated heterocycles. The Balaban J connectivity index is 1.92. The van der Waals surface area contributed by atoms with Crippen LogP contribution in [0.5, 0.6) is 11.5 Å². The molecule has 1 aromatic rings. The van der Waals surface area contributed by atoms with Crippen molar-refractivity contribution in [2.75, 3.05) is 27.9 Å². The Morgan fingerprint density at radius 3 is 2.47 bits per heavy atom. The van der Waals surface area contributed by atoms with Crippen LogP contribution in [0.1, 0.15) is 24.8 Å². The molecule has 19 heavy (non-hydrogen) atoms. The molecule has 0 amide bonds. The molecule has 4 heteroatoms. The zero-order valence-electron chi connectivity index (χ0n) is 12.0. The van der Waals surface area contributed by atoms with Gasteiger partial charge in [0.15, 0.2) is 0 Å². The van der Waals surface area contributed by atoms with Crippen LogP contribution in [-0.4, -0.2) is 33.5 Å². The molecule has 0 bridgehead atoms. The Bertz CT molecular complexity index is 410. The lowest BCUT2D eigenvalue weighted by atomic mass is 9.80. The molecule has 0 aromatic heterocycles. The van der Waals surface area contributed by atoms with Gasteiger partial charge in [-0.1, -0.05) is 6.07 Å². The summed E-state index contributed by atoms with van der Waals surface area (Å²) >= 11 is 0. The number of hydrogen-bond donors (Lipinski definition) is 1. The van der Waals surface area contributed by atoms with E-state index in [-0.39, 0.29) is 5.60 Å². The average Bonchev–Trinajstić information content (AvgIpc) is 2.42. The normalized spacial score (nSPS) is 16.8. The molecule has 1 N–H and O–H groups in total. The fraction of sp³-hybridized carbons (Fsp3) is 0.600. The lowest BCUT2D eigenvalue weighted by Gasteiger charge is -2.40. The lowest BCUT2D eigenvalue weighted by molar-refractivity contribution is -0.0695. The fourth-order valence-electron chi connectivity index (χ4n) is 2.45. The van der Waals surface area contributed by atoms with Crippen LogP contribution in [0.3, 0.4) is 0 Å². The molecule has 0 radical (unpaired) electrons. The number of ether oxygens (including phenoxy) is 3. The predicted octanol–water partition coefficient (Wildman–Crippen LogP) is 2.36. The molecule has 106 valence electrons. The van der Waals surface area contributed by atoms with Crippen molar-refractivity contribution in [3.05, 3.63) is 23.8 Å². The Hall–Kier alpha value is -1.26. The zero-order chi connectivity index (χ0) is 13.7. The summed E-state index contributed by atoms with van der Waals surface area (Å²) in [7, 11) is 5.14. The van der Waals surface area contributed by atoms with E-state index in [0.29, 0.717) is 0 Å². The van der Waals surface area contributed by atoms with Crippen molar-refractivity contribution in [3.8, 4) is 11.5 Å². The highest BCUT2D eigenvalue weighted by Crippen LogP contribution is 2.34. The highest BCUT2D eigenvalue weighted by molar-refractivity contribution is 5.40. The van der Waals surface area contributed by atoms with Crippen LogP contribution >= 0.6 is 0 Å². The van der Waals surface area contributed by atoms with Crippen LogP contribution in [0.4, 0.5) is 0 Å². The van der Waals surface area contributed by atoms with E-state index < -0.39 is 0 Å². The molecular weight excluding hydrogens is 242 g/mol. The summed E-state index contributed by atoms with van der Waals surface area (Å²) in [5.41, 5.74) is 1.19. The highest BCUT2D eigenvalue weighted by atomic mass is 16.5. The van der Waals surface area contributed by atoms with Crippen LogP contribution in [0, 0.1) is 0 Å². The first kappa shape index (κ1) is 14.2. The highest BCUT2D eigenvalue weighted by Gasteiger charge is 2.36. The smallest absolute Gasteiger partial charge is 0.127 e. The Morgan fingerprint density at radius 2 is 1.95 bits per heavy atom. The van der Waals surface area contributed by atoms with Crippen LogP contribution in [0.2, 0.25) is 0 Å². The van der Waals surface area contributed by atoms with E-state index in [1.54, 1.807) is 21.3 Å². The van der Waals surface area contributed by atoms with E-state index in [2.05, 4.69) is 5.32 Å². The van der Waals surface area contributed by atoms with Gasteiger partial charge >= 0.3 is 0 Å². The van der Waals surface area contributed by atoms with E-state index in [4.69, 9.17) is 14.2 Å². The minimum atomic E-state index is 0.0553. The standard InChI is InChI=1S/C15H23NO3/c1-17-13-6-5-12(14(9-13)18-2)10-16-11-15(19-3)7-4-8-15/h5-6,9,16H,4,7-8,10-11H2,1-3H3. The molecular formula is C15H23NO3. The van der Waals surface area contributed by atoms with Gasteiger partial charge in [0.2, 0.25) is 0 Å². The van der Waals surface area contributed by atoms with Crippen LogP contribution in [0.15, 0.2) is 18.2 Å². The van der Waals surface area contributed by atoms with E-state index in [0.717, 1.165) is 43.0 Å². The topological polar surface area (TPSA) is 39.7 Å². The van der Waals surface area contributed by atoms with E-state index >= 15 is 0 Å². The van der Waals surface area contributed by atoms with Gasteiger partial charge in [0.1, 0.15) is 11.5 Å². The van der Waals surface area contributed by atoms with E-state index in [1.165, 1.54) is 6.42 Å². The molecule has 1 fully saturated rings. The SMILES string of the molecule is COc1ccc(CNCC2(OC)CCC2)c(OC)c1. The maximum Gasteiger partial charge on any atom is 0.127 e. The van der Waals surface area contributed by atoms with Crippen molar-refractivity contribution < 1.29 is 14.2 Å². The first-order chi connectivity index (χ1) is 9.23. The third-order valence-corrected chi connectivity index (χ3v) is 3.95. The lowest BCUT2D eigenvalue weighted by Crippen LogP contribution is -2.47. The monoisotopic (exact) mass is 265 g/mol. The van der Waals surface area contributed by atoms with Gasteiger partial charge in [0, 0.05) is 31.8 Å². The third-order valence-electron chi connectivity index (χ3n) is 3.95. The molecule has 0 heterocycles. The number of hydrogen-bond acceptors (Lipinski definition) is 4. The van der Waals surface area contributed by atoms with Crippen molar-refractivity contribution in [1.29, 1.82) is 0 Å². The van der Waals surface area contributed by atoms with Gasteiger partial charge in [0.25, 0.3) is 0 Å². The number of nitrogens with one attached hydrogen (secondary N) is 1. The third kappa shape index (κ3) is 3.19. The summed E-state index contributed by atoms with van der Waals surface area (Å²) in [4.78, 5) is 0. The summed E-state index contributed by atoms with van der Waals surface area (Å²) in [5.74, 6) is 1.67. The summed E-state index contributed by atoms with van der Waals surface area (Å²) in [5, 5.41) is 3.46. The molecule has 0 unspecified atom stereocenters. The number of methoxy groups -OCH3 is 3. The minimum Gasteiger partial charge on any atom is -0.497 e. The van der Waals surface area contributed by atoms with Gasteiger partial charge in [-0.15, -0.1) is 0 Å². The maximum absolute atomic E-state index is 5.59. The zero-order valence-corrected chi connectivity index (χ0v) is 12.0. The predicted molar refractivity (Wildman–Crippen MR) is 74.8 cm³/mol. The number of benzene rings is 1. The molecule has 4 nitrogen and oxygen atoms in total. The van der Waals surface area contributed by atoms with Crippen molar-refractivity contribution >= 4 is 0 Å². The second kappa shape index (κ2) is 6.26. The molecule has 1 aromatic carbocycles. The molecule has 0 spiro atoms. The van der Waals surface area contributed by atoms with Gasteiger partial charge in [-0.05, 0) is 25.3 Å². The van der Waals surface area contributed by atoms with Gasteiger partial charge in [0.05, 0.1) is 19.8 Å². The molecule has 1 saturated carbocycles. The largest absolute Gasteiger partial charge is 0.497 e. The van der Waals surface area contributed by atoms with Gasteiger partial charge in [-0.2, -0.15) is 0 Å². The Morgan fingerprint density at radius 1 is 1.16 bits per heavy atom. The van der Waals surface area contributed by atoms with Crippen molar-refractivity contribution in [2.24, 2.45) is 0 Å². The fourth-order valence-corrected chi connectivity index (χ4v) is 2.45. The summed E-state index contributed by atoms with van der Waals surface area (Å²) < 4.78 is 16.2. The van der Waals surface area contributed by atoms with Crippen molar-refractivity contribution in [2.45, 2.75) is 31.4 Å². The maximum atomic E-state index is 5.59. The summed E-state index contributed by atoms with van der Waals surface area (Å²) in [6.07, 6.45) is 3.56. The van der Waals surface area contributed by atoms with Crippen LogP contribution in [-0.2, 0) is 11.3 Å². The molecule has 1 aliphatic rings. The average molecular weight is 265 g/mol.